The van der Waals surface area contributed by atoms with Crippen molar-refractivity contribution in [1.82, 2.24) is 10.2 Å². The van der Waals surface area contributed by atoms with Gasteiger partial charge in [0.2, 0.25) is 5.91 Å². The summed E-state index contributed by atoms with van der Waals surface area (Å²) in [6.07, 6.45) is 0.530. The molecule has 5 nitrogen and oxygen atoms in total. The van der Waals surface area contributed by atoms with E-state index in [9.17, 15) is 9.59 Å². The normalized spacial score (nSPS) is 10.2. The average molecular weight is 299 g/mol. The Morgan fingerprint density at radius 1 is 1.40 bits per heavy atom. The monoisotopic (exact) mass is 298 g/mol. The van der Waals surface area contributed by atoms with Crippen LogP contribution in [0.5, 0.6) is 0 Å². The van der Waals surface area contributed by atoms with E-state index in [1.807, 2.05) is 6.92 Å². The molecule has 0 aromatic heterocycles. The molecule has 2 amide bonds. The lowest BCUT2D eigenvalue weighted by Gasteiger charge is -2.20. The first-order valence-electron chi connectivity index (χ1n) is 6.51. The summed E-state index contributed by atoms with van der Waals surface area (Å²) in [6, 6.07) is 6.54. The smallest absolute Gasteiger partial charge is 0.251 e. The lowest BCUT2D eigenvalue weighted by atomic mass is 10.2. The molecule has 2 N–H and O–H groups in total. The van der Waals surface area contributed by atoms with Crippen molar-refractivity contribution >= 4 is 23.4 Å². The van der Waals surface area contributed by atoms with Gasteiger partial charge in [-0.3, -0.25) is 9.59 Å². The molecule has 20 heavy (non-hydrogen) atoms. The molecule has 0 aliphatic carbocycles. The van der Waals surface area contributed by atoms with Crippen molar-refractivity contribution in [2.45, 2.75) is 13.3 Å². The van der Waals surface area contributed by atoms with Crippen LogP contribution in [0.15, 0.2) is 24.3 Å². The van der Waals surface area contributed by atoms with Crippen molar-refractivity contribution in [3.05, 3.63) is 34.9 Å². The van der Waals surface area contributed by atoms with Crippen LogP contribution < -0.4 is 5.32 Å². The molecule has 0 saturated heterocycles. The van der Waals surface area contributed by atoms with Crippen molar-refractivity contribution in [3.63, 3.8) is 0 Å². The van der Waals surface area contributed by atoms with Gasteiger partial charge in [-0.25, -0.2) is 0 Å². The van der Waals surface area contributed by atoms with E-state index < -0.39 is 0 Å². The van der Waals surface area contributed by atoms with Crippen LogP contribution >= 0.6 is 11.6 Å². The zero-order valence-electron chi connectivity index (χ0n) is 11.4. The Balaban J connectivity index is 2.49. The first-order chi connectivity index (χ1) is 9.58. The summed E-state index contributed by atoms with van der Waals surface area (Å²) in [6.45, 7) is 2.86. The van der Waals surface area contributed by atoms with E-state index in [1.54, 1.807) is 29.2 Å². The average Bonchev–Trinajstić information content (AvgIpc) is 2.45. The highest BCUT2D eigenvalue weighted by Crippen LogP contribution is 2.10. The summed E-state index contributed by atoms with van der Waals surface area (Å²) in [5.41, 5.74) is 0.420. The Morgan fingerprint density at radius 2 is 2.15 bits per heavy atom. The van der Waals surface area contributed by atoms with Crippen LogP contribution in [0.4, 0.5) is 0 Å². The Morgan fingerprint density at radius 3 is 2.75 bits per heavy atom. The van der Waals surface area contributed by atoms with Crippen molar-refractivity contribution in [1.29, 1.82) is 0 Å². The van der Waals surface area contributed by atoms with E-state index in [1.165, 1.54) is 0 Å². The standard InChI is InChI=1S/C14H19ClN2O3/c1-2-17(7-4-8-18)13(19)10-16-14(20)11-5-3-6-12(15)9-11/h3,5-6,9,18H,2,4,7-8,10H2,1H3,(H,16,20). The van der Waals surface area contributed by atoms with Crippen LogP contribution in [0.1, 0.15) is 23.7 Å². The third-order valence-electron chi connectivity index (χ3n) is 2.81. The number of likely N-dealkylation sites (N-methyl/N-ethyl adjacent to an activating group) is 1. The van der Waals surface area contributed by atoms with Crippen LogP contribution in [0, 0.1) is 0 Å². The molecule has 1 rings (SSSR count). The largest absolute Gasteiger partial charge is 0.396 e. The molecule has 110 valence electrons. The molecule has 1 aromatic carbocycles. The Bertz CT molecular complexity index is 465. The first kappa shape index (κ1) is 16.5. The molecule has 0 unspecified atom stereocenters. The molecule has 0 radical (unpaired) electrons. The van der Waals surface area contributed by atoms with Crippen LogP contribution in [-0.2, 0) is 4.79 Å². The summed E-state index contributed by atoms with van der Waals surface area (Å²) in [7, 11) is 0. The third kappa shape index (κ3) is 5.19. The van der Waals surface area contributed by atoms with Crippen LogP contribution in [-0.4, -0.2) is 48.1 Å². The second kappa shape index (κ2) is 8.55. The van der Waals surface area contributed by atoms with E-state index in [-0.39, 0.29) is 25.0 Å². The number of aliphatic hydroxyl groups excluding tert-OH is 1. The lowest BCUT2D eigenvalue weighted by Crippen LogP contribution is -2.40. The zero-order chi connectivity index (χ0) is 15.0. The maximum atomic E-state index is 11.9. The molecule has 6 heteroatoms. The van der Waals surface area contributed by atoms with Gasteiger partial charge in [0, 0.05) is 30.3 Å². The van der Waals surface area contributed by atoms with Crippen molar-refractivity contribution in [2.75, 3.05) is 26.2 Å². The molecule has 0 heterocycles. The van der Waals surface area contributed by atoms with Gasteiger partial charge in [-0.05, 0) is 31.5 Å². The summed E-state index contributed by atoms with van der Waals surface area (Å²) in [4.78, 5) is 25.3. The van der Waals surface area contributed by atoms with Gasteiger partial charge in [-0.1, -0.05) is 17.7 Å². The minimum absolute atomic E-state index is 0.0403. The number of rotatable bonds is 7. The second-order valence-corrected chi connectivity index (χ2v) is 4.68. The van der Waals surface area contributed by atoms with Gasteiger partial charge >= 0.3 is 0 Å². The number of nitrogens with one attached hydrogen (secondary N) is 1. The van der Waals surface area contributed by atoms with Gasteiger partial charge in [0.25, 0.3) is 5.91 Å². The van der Waals surface area contributed by atoms with Crippen molar-refractivity contribution in [2.24, 2.45) is 0 Å². The van der Waals surface area contributed by atoms with Crippen molar-refractivity contribution in [3.8, 4) is 0 Å². The number of nitrogens with zero attached hydrogens (tertiary/aromatic N) is 1. The summed E-state index contributed by atoms with van der Waals surface area (Å²) in [5.74, 6) is -0.504. The minimum atomic E-state index is -0.334. The first-order valence-corrected chi connectivity index (χ1v) is 6.88. The van der Waals surface area contributed by atoms with E-state index in [0.717, 1.165) is 0 Å². The maximum Gasteiger partial charge on any atom is 0.251 e. The highest BCUT2D eigenvalue weighted by Gasteiger charge is 2.13. The fourth-order valence-corrected chi connectivity index (χ4v) is 1.91. The SMILES string of the molecule is CCN(CCCO)C(=O)CNC(=O)c1cccc(Cl)c1. The number of aliphatic hydroxyl groups is 1. The number of hydrogen-bond donors (Lipinski definition) is 2. The van der Waals surface area contributed by atoms with E-state index in [2.05, 4.69) is 5.32 Å². The van der Waals surface area contributed by atoms with Gasteiger partial charge in [0.15, 0.2) is 0 Å². The number of carbonyl (C=O) groups is 2. The van der Waals surface area contributed by atoms with Gasteiger partial charge < -0.3 is 15.3 Å². The highest BCUT2D eigenvalue weighted by molar-refractivity contribution is 6.30. The van der Waals surface area contributed by atoms with Crippen LogP contribution in [0.2, 0.25) is 5.02 Å². The van der Waals surface area contributed by atoms with E-state index in [0.29, 0.717) is 30.1 Å². The zero-order valence-corrected chi connectivity index (χ0v) is 12.2. The number of amides is 2. The Labute approximate surface area is 123 Å². The molecule has 0 bridgehead atoms. The van der Waals surface area contributed by atoms with Gasteiger partial charge in [0.1, 0.15) is 0 Å². The molecule has 0 saturated carbocycles. The minimum Gasteiger partial charge on any atom is -0.396 e. The van der Waals surface area contributed by atoms with Crippen LogP contribution in [0.3, 0.4) is 0 Å². The number of benzene rings is 1. The fourth-order valence-electron chi connectivity index (χ4n) is 1.72. The topological polar surface area (TPSA) is 69.6 Å². The molecule has 1 aromatic rings. The summed E-state index contributed by atoms with van der Waals surface area (Å²) >= 11 is 5.80. The van der Waals surface area contributed by atoms with E-state index >= 15 is 0 Å². The summed E-state index contributed by atoms with van der Waals surface area (Å²) < 4.78 is 0. The number of carbonyl (C=O) groups excluding carboxylic acids is 2. The third-order valence-corrected chi connectivity index (χ3v) is 3.04. The Hall–Kier alpha value is -1.59. The maximum absolute atomic E-state index is 11.9. The molecule has 0 spiro atoms. The molecule has 0 fully saturated rings. The number of halogens is 1. The molecular weight excluding hydrogens is 280 g/mol. The Kier molecular flexibility index (Phi) is 7.04. The quantitative estimate of drug-likeness (QED) is 0.797. The van der Waals surface area contributed by atoms with Gasteiger partial charge in [0.05, 0.1) is 6.54 Å². The van der Waals surface area contributed by atoms with Gasteiger partial charge in [-0.15, -0.1) is 0 Å². The fraction of sp³-hybridized carbons (Fsp3) is 0.429. The predicted molar refractivity (Wildman–Crippen MR) is 77.7 cm³/mol. The van der Waals surface area contributed by atoms with Crippen LogP contribution in [0.25, 0.3) is 0 Å². The van der Waals surface area contributed by atoms with Crippen molar-refractivity contribution < 1.29 is 14.7 Å². The predicted octanol–water partition coefficient (Wildman–Crippen LogP) is 1.30. The molecule has 0 atom stereocenters. The van der Waals surface area contributed by atoms with E-state index in [4.69, 9.17) is 16.7 Å². The summed E-state index contributed by atoms with van der Waals surface area (Å²) in [5, 5.41) is 11.8. The molecular formula is C14H19ClN2O3. The number of hydrogen-bond acceptors (Lipinski definition) is 3. The molecule has 0 aliphatic heterocycles. The molecule has 0 aliphatic rings. The highest BCUT2D eigenvalue weighted by atomic mass is 35.5. The second-order valence-electron chi connectivity index (χ2n) is 4.24. The lowest BCUT2D eigenvalue weighted by molar-refractivity contribution is -0.130. The van der Waals surface area contributed by atoms with Gasteiger partial charge in [-0.2, -0.15) is 0 Å².